The molecule has 0 aromatic carbocycles. The Morgan fingerprint density at radius 3 is 0.214 bits per heavy atom. The third-order valence-electron chi connectivity index (χ3n) is 0. The predicted molar refractivity (Wildman–Crippen MR) is 44.1 cm³/mol. The topological polar surface area (TPSA) is 244 Å². The number of rotatable bonds is 0. The zero-order valence-electron chi connectivity index (χ0n) is 6.65. The van der Waals surface area contributed by atoms with E-state index in [2.05, 4.69) is 0 Å². The molecule has 0 fully saturated rings. The van der Waals surface area contributed by atoms with E-state index in [1.807, 2.05) is 0 Å². The van der Waals surface area contributed by atoms with E-state index in [9.17, 15) is 0 Å². The number of hydrogen-bond acceptors (Lipinski definition) is 0. The smallest absolute Gasteiger partial charge is 3.00 e. The van der Waals surface area contributed by atoms with Crippen molar-refractivity contribution in [1.82, 2.24) is 0 Å². The van der Waals surface area contributed by atoms with Gasteiger partial charge in [-0.1, -0.05) is 0 Å². The number of hydrogen-bond donors (Lipinski definition) is 0. The summed E-state index contributed by atoms with van der Waals surface area (Å²) in [6, 6.07) is 0. The molecule has 0 saturated carbocycles. The second-order valence-corrected chi connectivity index (χ2v) is 0. The molecule has 14 heteroatoms. The summed E-state index contributed by atoms with van der Waals surface area (Å²) in [6.07, 6.45) is 0. The average Bonchev–Trinajstić information content (AvgIpc) is 0. The van der Waals surface area contributed by atoms with Crippen LogP contribution in [0.25, 0.3) is 49.2 Å². The van der Waals surface area contributed by atoms with Crippen molar-refractivity contribution in [2.75, 3.05) is 0 Å². The first-order valence-corrected chi connectivity index (χ1v) is 0. The molecule has 8 nitrogen and oxygen atoms in total. The normalized spacial score (nSPS) is 0. The van der Waals surface area contributed by atoms with Crippen LogP contribution >= 0.6 is 0 Å². The second kappa shape index (κ2) is 324. The Morgan fingerprint density at radius 2 is 0.214 bits per heavy atom. The fraction of sp³-hybridized carbons (Fsp3) is 0. The van der Waals surface area contributed by atoms with Crippen molar-refractivity contribution in [1.29, 1.82) is 0 Å². The van der Waals surface area contributed by atoms with Crippen molar-refractivity contribution in [3.8, 4) is 0 Å². The summed E-state index contributed by atoms with van der Waals surface area (Å²) in [6.45, 7) is 0. The first-order valence-electron chi connectivity index (χ1n) is 0. The molecule has 0 bridgehead atoms. The van der Waals surface area contributed by atoms with Gasteiger partial charge in [-0.15, -0.1) is 0 Å². The minimum Gasteiger partial charge on any atom is -3.00 e. The summed E-state index contributed by atoms with van der Waals surface area (Å²) in [7, 11) is 0. The van der Waals surface area contributed by atoms with Gasteiger partial charge in [-0.05, 0) is 0 Å². The Bertz CT molecular complexity index is 19.8. The van der Waals surface area contributed by atoms with Gasteiger partial charge in [0.05, 0.1) is 0 Å². The van der Waals surface area contributed by atoms with Crippen molar-refractivity contribution in [2.24, 2.45) is 0 Å². The quantitative estimate of drug-likeness (QED) is 0.451. The Labute approximate surface area is 166 Å². The van der Waals surface area contributed by atoms with Crippen LogP contribution in [0.4, 0.5) is 0 Å². The molecule has 0 aliphatic heterocycles. The van der Waals surface area contributed by atoms with Crippen LogP contribution in [0.5, 0.6) is 0 Å². The largest absolute Gasteiger partial charge is 5.00 e. The van der Waals surface area contributed by atoms with Gasteiger partial charge >= 0.3 is 119 Å². The minimum atomic E-state index is 0. The zero-order chi connectivity index (χ0) is 0. The SMILES string of the molecule is [Al+3].[Al+3].[Al+3].[N-3].[N-3].[N-3].[N-3].[N-3].[N-3].[N-3].[N-3].[Nb+5].[Nb+5].[Nb+5]. The molecule has 0 saturated heterocycles. The van der Waals surface area contributed by atoms with E-state index >= 15 is 0 Å². The van der Waals surface area contributed by atoms with E-state index in [0.29, 0.717) is 0 Å². The maximum absolute atomic E-state index is 0. The standard InChI is InChI=1S/3Al.8N.3Nb/q3*+3;8*-3;3*+5. The fourth-order valence-corrected chi connectivity index (χ4v) is 0. The summed E-state index contributed by atoms with van der Waals surface area (Å²) in [5.41, 5.74) is 0. The van der Waals surface area contributed by atoms with Gasteiger partial charge in [0.2, 0.25) is 0 Å². The molecule has 0 aliphatic carbocycles. The number of nitrogens with zero attached hydrogens (tertiary/aromatic N) is 8. The van der Waals surface area contributed by atoms with Gasteiger partial charge in [0.1, 0.15) is 0 Å². The van der Waals surface area contributed by atoms with Gasteiger partial charge in [0.25, 0.3) is 0 Å². The zero-order valence-corrected chi connectivity index (χ0v) is 16.7. The molecule has 0 aromatic heterocycles. The summed E-state index contributed by atoms with van der Waals surface area (Å²) < 4.78 is 0. The summed E-state index contributed by atoms with van der Waals surface area (Å²) in [5.74, 6) is 0. The van der Waals surface area contributed by atoms with Crippen LogP contribution in [-0.2, 0) is 67.1 Å². The molecule has 64 valence electrons. The van der Waals surface area contributed by atoms with Crippen molar-refractivity contribution < 1.29 is 67.1 Å². The fourth-order valence-electron chi connectivity index (χ4n) is 0. The Hall–Kier alpha value is 3.50. The second-order valence-electron chi connectivity index (χ2n) is 0. The molecule has 0 heterocycles. The molecular weight excluding hydrogens is 472 g/mol. The molecule has 14 heavy (non-hydrogen) atoms. The predicted octanol–water partition coefficient (Wildman–Crippen LogP) is 1.16. The maximum atomic E-state index is 0. The molecule has 0 aromatic rings. The minimum absolute atomic E-state index is 0. The van der Waals surface area contributed by atoms with Crippen LogP contribution in [0.15, 0.2) is 0 Å². The molecule has 0 rings (SSSR count). The maximum Gasteiger partial charge on any atom is 5.00 e. The van der Waals surface area contributed by atoms with Gasteiger partial charge in [0, 0.05) is 0 Å². The van der Waals surface area contributed by atoms with Crippen molar-refractivity contribution in [3.63, 3.8) is 0 Å². The molecule has 0 atom stereocenters. The van der Waals surface area contributed by atoms with Crippen LogP contribution in [-0.4, -0.2) is 52.1 Å². The van der Waals surface area contributed by atoms with Gasteiger partial charge < -0.3 is 49.2 Å². The van der Waals surface area contributed by atoms with Crippen molar-refractivity contribution >= 4 is 52.1 Å². The van der Waals surface area contributed by atoms with Crippen LogP contribution in [0.3, 0.4) is 0 Å². The summed E-state index contributed by atoms with van der Waals surface area (Å²) in [4.78, 5) is 0. The molecule has 0 spiro atoms. The van der Waals surface area contributed by atoms with E-state index in [1.165, 1.54) is 0 Å². The van der Waals surface area contributed by atoms with E-state index in [0.717, 1.165) is 0 Å². The Kier molecular flexibility index (Phi) is 9000. The van der Waals surface area contributed by atoms with Gasteiger partial charge in [-0.25, -0.2) is 0 Å². The molecule has 0 aliphatic rings. The van der Waals surface area contributed by atoms with Crippen LogP contribution in [0.2, 0.25) is 0 Å². The van der Waals surface area contributed by atoms with Crippen molar-refractivity contribution in [2.45, 2.75) is 0 Å². The summed E-state index contributed by atoms with van der Waals surface area (Å²) in [5, 5.41) is 0. The van der Waals surface area contributed by atoms with E-state index in [4.69, 9.17) is 0 Å². The average molecular weight is 472 g/mol. The Balaban J connectivity index is 0. The van der Waals surface area contributed by atoms with Gasteiger partial charge in [0.15, 0.2) is 0 Å². The Morgan fingerprint density at radius 1 is 0.214 bits per heavy atom. The molecule has 0 N–H and O–H groups in total. The first-order chi connectivity index (χ1) is 0. The summed E-state index contributed by atoms with van der Waals surface area (Å²) >= 11 is 0. The van der Waals surface area contributed by atoms with Gasteiger partial charge in [-0.3, -0.25) is 0 Å². The molecular formula is Al3N8Nb3. The monoisotopic (exact) mass is 472 g/mol. The third-order valence-corrected chi connectivity index (χ3v) is 0. The van der Waals surface area contributed by atoms with E-state index in [-0.39, 0.29) is 168 Å². The first kappa shape index (κ1) is 389. The third kappa shape index (κ3) is 266. The molecule has 0 unspecified atom stereocenters. The van der Waals surface area contributed by atoms with Gasteiger partial charge in [-0.2, -0.15) is 0 Å². The molecule has 0 radical (unpaired) electrons. The van der Waals surface area contributed by atoms with Crippen LogP contribution in [0.1, 0.15) is 0 Å². The van der Waals surface area contributed by atoms with E-state index < -0.39 is 0 Å². The van der Waals surface area contributed by atoms with Crippen LogP contribution < -0.4 is 0 Å². The van der Waals surface area contributed by atoms with Crippen molar-refractivity contribution in [3.05, 3.63) is 49.2 Å². The van der Waals surface area contributed by atoms with E-state index in [1.54, 1.807) is 0 Å². The molecule has 0 amide bonds. The van der Waals surface area contributed by atoms with Crippen LogP contribution in [0, 0.1) is 0 Å².